The van der Waals surface area contributed by atoms with E-state index in [-0.39, 0.29) is 11.9 Å². The first-order valence-electron chi connectivity index (χ1n) is 5.33. The van der Waals surface area contributed by atoms with Gasteiger partial charge in [-0.15, -0.1) is 0 Å². The van der Waals surface area contributed by atoms with E-state index >= 15 is 0 Å². The van der Waals surface area contributed by atoms with Gasteiger partial charge in [-0.05, 0) is 39.2 Å². The topological polar surface area (TPSA) is 38.5 Å². The molecule has 0 aromatic heterocycles. The zero-order valence-corrected chi connectivity index (χ0v) is 10.0. The summed E-state index contributed by atoms with van der Waals surface area (Å²) >= 11 is 0. The summed E-state index contributed by atoms with van der Waals surface area (Å²) in [6.07, 6.45) is 0. The van der Waals surface area contributed by atoms with Gasteiger partial charge < -0.3 is 15.4 Å². The van der Waals surface area contributed by atoms with Crippen LogP contribution in [0.2, 0.25) is 0 Å². The molecule has 1 atom stereocenters. The lowest BCUT2D eigenvalue weighted by Crippen LogP contribution is -2.20. The summed E-state index contributed by atoms with van der Waals surface area (Å²) in [5, 5.41) is 0. The molecule has 1 aromatic rings. The average molecular weight is 226 g/mol. The quantitative estimate of drug-likeness (QED) is 0.831. The van der Waals surface area contributed by atoms with Crippen molar-refractivity contribution in [2.75, 3.05) is 27.2 Å². The number of rotatable bonds is 5. The second kappa shape index (κ2) is 5.82. The van der Waals surface area contributed by atoms with Gasteiger partial charge in [0.2, 0.25) is 0 Å². The van der Waals surface area contributed by atoms with Gasteiger partial charge in [-0.3, -0.25) is 0 Å². The van der Waals surface area contributed by atoms with E-state index in [1.807, 2.05) is 25.9 Å². The van der Waals surface area contributed by atoms with Crippen molar-refractivity contribution in [2.45, 2.75) is 13.0 Å². The maximum absolute atomic E-state index is 13.0. The second-order valence-electron chi connectivity index (χ2n) is 4.12. The van der Waals surface area contributed by atoms with E-state index in [0.717, 1.165) is 6.54 Å². The third kappa shape index (κ3) is 3.79. The minimum absolute atomic E-state index is 0.231. The fraction of sp³-hybridized carbons (Fsp3) is 0.500. The molecule has 16 heavy (non-hydrogen) atoms. The van der Waals surface area contributed by atoms with Crippen molar-refractivity contribution in [3.05, 3.63) is 29.6 Å². The van der Waals surface area contributed by atoms with Crippen LogP contribution in [0.4, 0.5) is 4.39 Å². The molecule has 1 rings (SSSR count). The van der Waals surface area contributed by atoms with Crippen molar-refractivity contribution in [3.63, 3.8) is 0 Å². The minimum Gasteiger partial charge on any atom is -0.492 e. The predicted molar refractivity (Wildman–Crippen MR) is 63.1 cm³/mol. The molecule has 0 fully saturated rings. The summed E-state index contributed by atoms with van der Waals surface area (Å²) in [5.74, 6) is 0.380. The Kier molecular flexibility index (Phi) is 4.71. The molecule has 0 saturated carbocycles. The van der Waals surface area contributed by atoms with Crippen LogP contribution in [0.25, 0.3) is 0 Å². The van der Waals surface area contributed by atoms with Crippen LogP contribution in [0.1, 0.15) is 18.5 Å². The molecule has 0 aliphatic rings. The van der Waals surface area contributed by atoms with E-state index in [1.54, 1.807) is 6.07 Å². The lowest BCUT2D eigenvalue weighted by atomic mass is 10.1. The number of likely N-dealkylation sites (N-methyl/N-ethyl adjacent to an activating group) is 1. The smallest absolute Gasteiger partial charge is 0.124 e. The normalized spacial score (nSPS) is 12.9. The molecule has 0 bridgehead atoms. The number of hydrogen-bond acceptors (Lipinski definition) is 3. The van der Waals surface area contributed by atoms with E-state index in [4.69, 9.17) is 10.5 Å². The van der Waals surface area contributed by atoms with E-state index in [2.05, 4.69) is 0 Å². The maximum Gasteiger partial charge on any atom is 0.124 e. The van der Waals surface area contributed by atoms with E-state index < -0.39 is 0 Å². The maximum atomic E-state index is 13.0. The molecular formula is C12H19FN2O. The third-order valence-electron chi connectivity index (χ3n) is 2.26. The first kappa shape index (κ1) is 12.9. The number of ether oxygens (including phenoxy) is 1. The van der Waals surface area contributed by atoms with Crippen LogP contribution < -0.4 is 10.5 Å². The SMILES string of the molecule is C[C@H](N)c1cc(F)ccc1OCCN(C)C. The molecule has 0 heterocycles. The lowest BCUT2D eigenvalue weighted by Gasteiger charge is -2.15. The molecule has 0 amide bonds. The summed E-state index contributed by atoms with van der Waals surface area (Å²) in [6.45, 7) is 3.20. The van der Waals surface area contributed by atoms with Gasteiger partial charge in [0.25, 0.3) is 0 Å². The van der Waals surface area contributed by atoms with Gasteiger partial charge in [-0.25, -0.2) is 4.39 Å². The average Bonchev–Trinajstić information content (AvgIpc) is 2.19. The molecule has 2 N–H and O–H groups in total. The minimum atomic E-state index is -0.285. The third-order valence-corrected chi connectivity index (χ3v) is 2.26. The van der Waals surface area contributed by atoms with Crippen molar-refractivity contribution in [3.8, 4) is 5.75 Å². The summed E-state index contributed by atoms with van der Waals surface area (Å²) in [6, 6.07) is 4.21. The van der Waals surface area contributed by atoms with E-state index in [0.29, 0.717) is 17.9 Å². The van der Waals surface area contributed by atoms with Crippen molar-refractivity contribution >= 4 is 0 Å². The highest BCUT2D eigenvalue weighted by Crippen LogP contribution is 2.24. The van der Waals surface area contributed by atoms with Gasteiger partial charge in [-0.2, -0.15) is 0 Å². The summed E-state index contributed by atoms with van der Waals surface area (Å²) in [4.78, 5) is 2.02. The molecule has 0 aliphatic heterocycles. The van der Waals surface area contributed by atoms with Gasteiger partial charge >= 0.3 is 0 Å². The highest BCUT2D eigenvalue weighted by Gasteiger charge is 2.09. The Balaban J connectivity index is 2.71. The molecule has 0 radical (unpaired) electrons. The molecule has 0 spiro atoms. The van der Waals surface area contributed by atoms with Crippen LogP contribution in [0.5, 0.6) is 5.75 Å². The Morgan fingerprint density at radius 1 is 1.44 bits per heavy atom. The van der Waals surface area contributed by atoms with Gasteiger partial charge in [0.05, 0.1) is 0 Å². The highest BCUT2D eigenvalue weighted by atomic mass is 19.1. The molecule has 90 valence electrons. The Labute approximate surface area is 96.0 Å². The fourth-order valence-corrected chi connectivity index (χ4v) is 1.34. The molecule has 1 aromatic carbocycles. The Hall–Kier alpha value is -1.13. The van der Waals surface area contributed by atoms with Crippen LogP contribution >= 0.6 is 0 Å². The number of benzene rings is 1. The van der Waals surface area contributed by atoms with Crippen LogP contribution in [-0.4, -0.2) is 32.1 Å². The largest absolute Gasteiger partial charge is 0.492 e. The van der Waals surface area contributed by atoms with Crippen LogP contribution in [-0.2, 0) is 0 Å². The molecule has 0 aliphatic carbocycles. The first-order valence-corrected chi connectivity index (χ1v) is 5.33. The number of hydrogen-bond donors (Lipinski definition) is 1. The predicted octanol–water partition coefficient (Wildman–Crippen LogP) is 1.79. The summed E-state index contributed by atoms with van der Waals surface area (Å²) in [7, 11) is 3.95. The van der Waals surface area contributed by atoms with Crippen molar-refractivity contribution < 1.29 is 9.13 Å². The standard InChI is InChI=1S/C12H19FN2O/c1-9(14)11-8-10(13)4-5-12(11)16-7-6-15(2)3/h4-5,8-9H,6-7,14H2,1-3H3/t9-/m0/s1. The Bertz CT molecular complexity index is 340. The molecule has 4 heteroatoms. The van der Waals surface area contributed by atoms with Gasteiger partial charge in [0.1, 0.15) is 18.2 Å². The Morgan fingerprint density at radius 3 is 2.69 bits per heavy atom. The zero-order valence-electron chi connectivity index (χ0n) is 10.0. The van der Waals surface area contributed by atoms with Crippen LogP contribution in [0, 0.1) is 5.82 Å². The lowest BCUT2D eigenvalue weighted by molar-refractivity contribution is 0.258. The van der Waals surface area contributed by atoms with E-state index in [9.17, 15) is 4.39 Å². The fourth-order valence-electron chi connectivity index (χ4n) is 1.34. The molecule has 3 nitrogen and oxygen atoms in total. The van der Waals surface area contributed by atoms with Crippen LogP contribution in [0.3, 0.4) is 0 Å². The first-order chi connectivity index (χ1) is 7.50. The molecule has 0 unspecified atom stereocenters. The van der Waals surface area contributed by atoms with E-state index in [1.165, 1.54) is 12.1 Å². The number of nitrogens with two attached hydrogens (primary N) is 1. The zero-order chi connectivity index (χ0) is 12.1. The Morgan fingerprint density at radius 2 is 2.12 bits per heavy atom. The summed E-state index contributed by atoms with van der Waals surface area (Å²) in [5.41, 5.74) is 6.47. The second-order valence-corrected chi connectivity index (χ2v) is 4.12. The van der Waals surface area contributed by atoms with Crippen molar-refractivity contribution in [1.29, 1.82) is 0 Å². The van der Waals surface area contributed by atoms with Crippen LogP contribution in [0.15, 0.2) is 18.2 Å². The monoisotopic (exact) mass is 226 g/mol. The highest BCUT2D eigenvalue weighted by molar-refractivity contribution is 5.36. The van der Waals surface area contributed by atoms with Gasteiger partial charge in [-0.1, -0.05) is 0 Å². The number of nitrogens with zero attached hydrogens (tertiary/aromatic N) is 1. The van der Waals surface area contributed by atoms with Crippen molar-refractivity contribution in [1.82, 2.24) is 4.90 Å². The molecular weight excluding hydrogens is 207 g/mol. The van der Waals surface area contributed by atoms with Gasteiger partial charge in [0.15, 0.2) is 0 Å². The molecule has 0 saturated heterocycles. The summed E-state index contributed by atoms with van der Waals surface area (Å²) < 4.78 is 18.6. The van der Waals surface area contributed by atoms with Crippen molar-refractivity contribution in [2.24, 2.45) is 5.73 Å². The van der Waals surface area contributed by atoms with Gasteiger partial charge in [0, 0.05) is 18.2 Å². The number of halogens is 1.